The van der Waals surface area contributed by atoms with Crippen molar-refractivity contribution < 1.29 is 9.18 Å². The van der Waals surface area contributed by atoms with Crippen LogP contribution in [0, 0.1) is 5.82 Å². The molecule has 0 radical (unpaired) electrons. The molecular weight excluding hydrogens is 388 g/mol. The molecule has 0 fully saturated rings. The number of benzene rings is 2. The van der Waals surface area contributed by atoms with Crippen LogP contribution >= 0.6 is 23.2 Å². The zero-order chi connectivity index (χ0) is 19.6. The molecule has 0 saturated heterocycles. The van der Waals surface area contributed by atoms with Crippen molar-refractivity contribution in [3.63, 3.8) is 0 Å². The Labute approximate surface area is 167 Å². The number of rotatable bonds is 6. The van der Waals surface area contributed by atoms with Gasteiger partial charge in [0, 0.05) is 23.7 Å². The highest BCUT2D eigenvalue weighted by atomic mass is 35.5. The average Bonchev–Trinajstić information content (AvgIpc) is 2.99. The van der Waals surface area contributed by atoms with Gasteiger partial charge in [0.2, 0.25) is 0 Å². The van der Waals surface area contributed by atoms with Crippen molar-refractivity contribution in [1.82, 2.24) is 14.5 Å². The van der Waals surface area contributed by atoms with Gasteiger partial charge < -0.3 is 9.47 Å². The van der Waals surface area contributed by atoms with Crippen LogP contribution in [0.25, 0.3) is 11.0 Å². The molecule has 7 heteroatoms. The monoisotopic (exact) mass is 407 g/mol. The molecule has 2 aromatic carbocycles. The lowest BCUT2D eigenvalue weighted by Gasteiger charge is -2.22. The first-order valence-electron chi connectivity index (χ1n) is 8.83. The summed E-state index contributed by atoms with van der Waals surface area (Å²) in [6.07, 6.45) is 0.791. The smallest absolute Gasteiger partial charge is 0.254 e. The van der Waals surface area contributed by atoms with Gasteiger partial charge in [-0.15, -0.1) is 0 Å². The predicted octanol–water partition coefficient (Wildman–Crippen LogP) is 5.55. The number of hydrogen-bond donors (Lipinski definition) is 0. The summed E-state index contributed by atoms with van der Waals surface area (Å²) in [6, 6.07) is 9.58. The summed E-state index contributed by atoms with van der Waals surface area (Å²) in [5, 5.41) is 0.582. The van der Waals surface area contributed by atoms with Crippen LogP contribution in [-0.4, -0.2) is 26.9 Å². The molecule has 1 heterocycles. The number of nitrogens with zero attached hydrogens (tertiary/aromatic N) is 3. The Kier molecular flexibility index (Phi) is 6.02. The van der Waals surface area contributed by atoms with Gasteiger partial charge in [-0.1, -0.05) is 30.1 Å². The van der Waals surface area contributed by atoms with Gasteiger partial charge in [0.15, 0.2) is 0 Å². The van der Waals surface area contributed by atoms with E-state index in [1.165, 1.54) is 18.2 Å². The van der Waals surface area contributed by atoms with Crippen molar-refractivity contribution in [2.24, 2.45) is 0 Å². The fraction of sp³-hybridized carbons (Fsp3) is 0.300. The number of hydrogen-bond acceptors (Lipinski definition) is 2. The van der Waals surface area contributed by atoms with Crippen molar-refractivity contribution in [2.75, 3.05) is 6.54 Å². The molecule has 0 atom stereocenters. The molecule has 0 unspecified atom stereocenters. The lowest BCUT2D eigenvalue weighted by molar-refractivity contribution is 0.0737. The molecule has 4 nitrogen and oxygen atoms in total. The highest BCUT2D eigenvalue weighted by Gasteiger charge is 2.20. The van der Waals surface area contributed by atoms with Gasteiger partial charge in [-0.2, -0.15) is 0 Å². The minimum atomic E-state index is -0.542. The number of carbonyl (C=O) groups is 1. The lowest BCUT2D eigenvalue weighted by Crippen LogP contribution is -2.32. The zero-order valence-electron chi connectivity index (χ0n) is 15.2. The Hall–Kier alpha value is -2.11. The third kappa shape index (κ3) is 4.09. The topological polar surface area (TPSA) is 38.1 Å². The molecule has 1 aromatic heterocycles. The van der Waals surface area contributed by atoms with Gasteiger partial charge in [0.1, 0.15) is 11.6 Å². The second kappa shape index (κ2) is 8.28. The van der Waals surface area contributed by atoms with Gasteiger partial charge in [0.25, 0.3) is 5.91 Å². The first kappa shape index (κ1) is 19.6. The van der Waals surface area contributed by atoms with Crippen LogP contribution in [0.5, 0.6) is 0 Å². The van der Waals surface area contributed by atoms with Crippen LogP contribution in [0.4, 0.5) is 4.39 Å². The van der Waals surface area contributed by atoms with Crippen LogP contribution in [0.1, 0.15) is 36.5 Å². The Morgan fingerprint density at radius 1 is 1.19 bits per heavy atom. The maximum atomic E-state index is 13.4. The summed E-state index contributed by atoms with van der Waals surface area (Å²) in [5.74, 6) is 0.0381. The van der Waals surface area contributed by atoms with E-state index < -0.39 is 5.82 Å². The highest BCUT2D eigenvalue weighted by Crippen LogP contribution is 2.23. The van der Waals surface area contributed by atoms with Crippen molar-refractivity contribution in [3.8, 4) is 0 Å². The summed E-state index contributed by atoms with van der Waals surface area (Å²) in [5.41, 5.74) is 2.13. The van der Waals surface area contributed by atoms with Crippen LogP contribution in [-0.2, 0) is 13.1 Å². The molecule has 0 saturated carbocycles. The molecule has 142 valence electrons. The SMILES string of the molecule is CCCN(Cc1nc2ccc(Cl)cc2n1CC)C(=O)c1ccc(F)c(Cl)c1. The number of halogens is 3. The van der Waals surface area contributed by atoms with E-state index in [1.807, 2.05) is 26.0 Å². The highest BCUT2D eigenvalue weighted by molar-refractivity contribution is 6.31. The van der Waals surface area contributed by atoms with Gasteiger partial charge in [-0.25, -0.2) is 9.37 Å². The third-order valence-electron chi connectivity index (χ3n) is 4.39. The van der Waals surface area contributed by atoms with Crippen molar-refractivity contribution in [1.29, 1.82) is 0 Å². The maximum Gasteiger partial charge on any atom is 0.254 e. The Bertz CT molecular complexity index is 987. The molecule has 3 rings (SSSR count). The van der Waals surface area contributed by atoms with Gasteiger partial charge in [-0.3, -0.25) is 4.79 Å². The first-order chi connectivity index (χ1) is 12.9. The summed E-state index contributed by atoms with van der Waals surface area (Å²) in [6.45, 7) is 5.64. The Morgan fingerprint density at radius 3 is 2.63 bits per heavy atom. The van der Waals surface area contributed by atoms with Crippen LogP contribution < -0.4 is 0 Å². The first-order valence-corrected chi connectivity index (χ1v) is 9.59. The van der Waals surface area contributed by atoms with Crippen molar-refractivity contribution >= 4 is 40.1 Å². The maximum absolute atomic E-state index is 13.4. The third-order valence-corrected chi connectivity index (χ3v) is 4.91. The lowest BCUT2D eigenvalue weighted by atomic mass is 10.2. The number of fused-ring (bicyclic) bond motifs is 1. The molecule has 0 spiro atoms. The van der Waals surface area contributed by atoms with Gasteiger partial charge in [-0.05, 0) is 49.7 Å². The summed E-state index contributed by atoms with van der Waals surface area (Å²) in [4.78, 5) is 19.3. The quantitative estimate of drug-likeness (QED) is 0.536. The molecule has 0 bridgehead atoms. The zero-order valence-corrected chi connectivity index (χ0v) is 16.7. The van der Waals surface area contributed by atoms with E-state index in [9.17, 15) is 9.18 Å². The standard InChI is InChI=1S/C20H20Cl2FN3O/c1-3-9-25(20(27)13-5-7-16(23)15(22)10-13)12-19-24-17-8-6-14(21)11-18(17)26(19)4-2/h5-8,10-11H,3-4,9,12H2,1-2H3. The molecule has 0 aliphatic carbocycles. The predicted molar refractivity (Wildman–Crippen MR) is 107 cm³/mol. The van der Waals surface area contributed by atoms with Crippen LogP contribution in [0.3, 0.4) is 0 Å². The average molecular weight is 408 g/mol. The number of aryl methyl sites for hydroxylation is 1. The molecule has 27 heavy (non-hydrogen) atoms. The van der Waals surface area contributed by atoms with Gasteiger partial charge >= 0.3 is 0 Å². The Balaban J connectivity index is 1.95. The minimum absolute atomic E-state index is 0.0623. The number of amides is 1. The minimum Gasteiger partial charge on any atom is -0.331 e. The molecule has 0 N–H and O–H groups in total. The van der Waals surface area contributed by atoms with E-state index >= 15 is 0 Å². The fourth-order valence-corrected chi connectivity index (χ4v) is 3.47. The molecular formula is C20H20Cl2FN3O. The van der Waals surface area contributed by atoms with E-state index in [1.54, 1.807) is 11.0 Å². The summed E-state index contributed by atoms with van der Waals surface area (Å²) >= 11 is 12.0. The molecule has 0 aliphatic heterocycles. The van der Waals surface area contributed by atoms with E-state index in [2.05, 4.69) is 9.55 Å². The number of imidazole rings is 1. The molecule has 0 aliphatic rings. The van der Waals surface area contributed by atoms with E-state index in [0.717, 1.165) is 23.3 Å². The Morgan fingerprint density at radius 2 is 1.96 bits per heavy atom. The largest absolute Gasteiger partial charge is 0.331 e. The van der Waals surface area contributed by atoms with Crippen LogP contribution in [0.15, 0.2) is 36.4 Å². The summed E-state index contributed by atoms with van der Waals surface area (Å²) < 4.78 is 15.5. The fourth-order valence-electron chi connectivity index (χ4n) is 3.12. The molecule has 1 amide bonds. The van der Waals surface area contributed by atoms with E-state index in [-0.39, 0.29) is 10.9 Å². The number of aromatic nitrogens is 2. The summed E-state index contributed by atoms with van der Waals surface area (Å²) in [7, 11) is 0. The number of carbonyl (C=O) groups excluding carboxylic acids is 1. The van der Waals surface area contributed by atoms with Crippen molar-refractivity contribution in [2.45, 2.75) is 33.4 Å². The van der Waals surface area contributed by atoms with E-state index in [0.29, 0.717) is 30.2 Å². The van der Waals surface area contributed by atoms with Gasteiger partial charge in [0.05, 0.1) is 22.6 Å². The second-order valence-corrected chi connectivity index (χ2v) is 7.10. The van der Waals surface area contributed by atoms with E-state index in [4.69, 9.17) is 23.2 Å². The van der Waals surface area contributed by atoms with Crippen LogP contribution in [0.2, 0.25) is 10.0 Å². The second-order valence-electron chi connectivity index (χ2n) is 6.26. The normalized spacial score (nSPS) is 11.1. The van der Waals surface area contributed by atoms with Crippen molar-refractivity contribution in [3.05, 3.63) is 63.6 Å². The molecule has 3 aromatic rings.